The summed E-state index contributed by atoms with van der Waals surface area (Å²) in [6.07, 6.45) is 3.44. The first-order chi connectivity index (χ1) is 19.0. The third-order valence-corrected chi connectivity index (χ3v) is 7.82. The van der Waals surface area contributed by atoms with Crippen molar-refractivity contribution in [1.82, 2.24) is 19.3 Å². The number of anilines is 1. The first-order valence-electron chi connectivity index (χ1n) is 12.6. The minimum absolute atomic E-state index is 0.108. The summed E-state index contributed by atoms with van der Waals surface area (Å²) < 4.78 is 51.0. The zero-order valence-electron chi connectivity index (χ0n) is 22.7. The summed E-state index contributed by atoms with van der Waals surface area (Å²) in [7, 11) is -1.78. The van der Waals surface area contributed by atoms with Crippen molar-refractivity contribution >= 4 is 26.7 Å². The Morgan fingerprint density at radius 1 is 0.975 bits per heavy atom. The first-order valence-corrected chi connectivity index (χ1v) is 14.2. The molecule has 0 saturated carbocycles. The third kappa shape index (κ3) is 5.20. The normalized spacial score (nSPS) is 11.7. The number of fused-ring (bicyclic) bond motifs is 1. The van der Waals surface area contributed by atoms with Crippen LogP contribution in [0.5, 0.6) is 11.5 Å². The second kappa shape index (κ2) is 10.2. The maximum atomic E-state index is 14.0. The zero-order chi connectivity index (χ0) is 28.8. The number of ether oxygens (including phenoxy) is 1. The summed E-state index contributed by atoms with van der Waals surface area (Å²) in [5.41, 5.74) is 3.72. The van der Waals surface area contributed by atoms with Crippen molar-refractivity contribution in [3.63, 3.8) is 0 Å². The summed E-state index contributed by atoms with van der Waals surface area (Å²) >= 11 is 0. The fourth-order valence-corrected chi connectivity index (χ4v) is 5.12. The average Bonchev–Trinajstić information content (AvgIpc) is 3.34. The molecule has 0 unspecified atom stereocenters. The number of nitrogens with one attached hydrogen (secondary N) is 1. The Bertz CT molecular complexity index is 1920. The van der Waals surface area contributed by atoms with Crippen LogP contribution in [0.2, 0.25) is 0 Å². The van der Waals surface area contributed by atoms with E-state index in [1.807, 2.05) is 6.07 Å². The van der Waals surface area contributed by atoms with E-state index in [0.29, 0.717) is 62.0 Å². The van der Waals surface area contributed by atoms with Crippen molar-refractivity contribution in [2.24, 2.45) is 7.05 Å². The lowest BCUT2D eigenvalue weighted by molar-refractivity contribution is 0.470. The molecule has 0 saturated heterocycles. The monoisotopic (exact) mass is 561 g/mol. The van der Waals surface area contributed by atoms with Crippen molar-refractivity contribution in [3.05, 3.63) is 93.7 Å². The van der Waals surface area contributed by atoms with Gasteiger partial charge in [-0.05, 0) is 87.4 Å². The number of hydrogen-bond donors (Lipinski definition) is 1. The molecule has 0 radical (unpaired) electrons. The van der Waals surface area contributed by atoms with E-state index < -0.39 is 10.0 Å². The van der Waals surface area contributed by atoms with Crippen LogP contribution in [0, 0.1) is 26.6 Å². The quantitative estimate of drug-likeness (QED) is 0.285. The molecule has 0 bridgehead atoms. The lowest BCUT2D eigenvalue weighted by Crippen LogP contribution is -2.16. The maximum absolute atomic E-state index is 14.0. The lowest BCUT2D eigenvalue weighted by Gasteiger charge is -2.19. The summed E-state index contributed by atoms with van der Waals surface area (Å²) in [6.45, 7) is 6.73. The molecule has 9 nitrogen and oxygen atoms in total. The second-order valence-electron chi connectivity index (χ2n) is 9.61. The van der Waals surface area contributed by atoms with Gasteiger partial charge in [0.15, 0.2) is 11.2 Å². The summed E-state index contributed by atoms with van der Waals surface area (Å²) in [6, 6.07) is 12.9. The number of aromatic nitrogens is 4. The number of benzene rings is 2. The fraction of sp³-hybridized carbons (Fsp3) is 0.207. The highest BCUT2D eigenvalue weighted by Crippen LogP contribution is 2.36. The molecule has 0 aliphatic heterocycles. The minimum Gasteiger partial charge on any atom is -0.455 e. The van der Waals surface area contributed by atoms with Gasteiger partial charge in [-0.2, -0.15) is 5.10 Å². The number of pyridine rings is 2. The number of sulfonamides is 1. The number of hydrogen-bond acceptors (Lipinski definition) is 6. The van der Waals surface area contributed by atoms with E-state index in [2.05, 4.69) is 9.82 Å². The Morgan fingerprint density at radius 3 is 2.35 bits per heavy atom. The standard InChI is InChI=1S/C29H28FN5O4S/c1-6-40(37,38)33-21-7-10-26(39-28-17(2)13-20(30)14-18(28)3)25(15-21)35-16-19(4)27(36)22-8-9-23(31-29(22)35)24-11-12-34(5)32-24/h7-16,33H,6H2,1-5H3. The smallest absolute Gasteiger partial charge is 0.232 e. The van der Waals surface area contributed by atoms with Gasteiger partial charge in [-0.15, -0.1) is 0 Å². The van der Waals surface area contributed by atoms with Crippen LogP contribution in [0.15, 0.2) is 65.7 Å². The molecule has 0 atom stereocenters. The fourth-order valence-electron chi connectivity index (χ4n) is 4.49. The van der Waals surface area contributed by atoms with Gasteiger partial charge in [0.25, 0.3) is 0 Å². The average molecular weight is 562 g/mol. The van der Waals surface area contributed by atoms with Crippen molar-refractivity contribution in [2.75, 3.05) is 10.5 Å². The van der Waals surface area contributed by atoms with Crippen LogP contribution in [0.1, 0.15) is 23.6 Å². The molecule has 0 aliphatic carbocycles. The van der Waals surface area contributed by atoms with Gasteiger partial charge in [0.2, 0.25) is 10.0 Å². The molecule has 2 aromatic carbocycles. The predicted molar refractivity (Wildman–Crippen MR) is 153 cm³/mol. The van der Waals surface area contributed by atoms with Crippen LogP contribution in [-0.4, -0.2) is 33.5 Å². The van der Waals surface area contributed by atoms with E-state index in [4.69, 9.17) is 9.72 Å². The molecule has 0 amide bonds. The summed E-state index contributed by atoms with van der Waals surface area (Å²) in [5, 5.41) is 4.80. The molecule has 5 rings (SSSR count). The van der Waals surface area contributed by atoms with Crippen LogP contribution >= 0.6 is 0 Å². The molecule has 0 fully saturated rings. The van der Waals surface area contributed by atoms with E-state index in [9.17, 15) is 17.6 Å². The molecule has 206 valence electrons. The van der Waals surface area contributed by atoms with Gasteiger partial charge < -0.3 is 4.74 Å². The number of aryl methyl sites for hydroxylation is 4. The van der Waals surface area contributed by atoms with Gasteiger partial charge in [0, 0.05) is 25.0 Å². The molecule has 0 spiro atoms. The molecule has 1 N–H and O–H groups in total. The van der Waals surface area contributed by atoms with Gasteiger partial charge >= 0.3 is 0 Å². The number of halogens is 1. The Hall–Kier alpha value is -4.51. The van der Waals surface area contributed by atoms with E-state index >= 15 is 0 Å². The van der Waals surface area contributed by atoms with Crippen LogP contribution in [0.4, 0.5) is 10.1 Å². The highest BCUT2D eigenvalue weighted by atomic mass is 32.2. The van der Waals surface area contributed by atoms with E-state index in [1.165, 1.54) is 12.1 Å². The Kier molecular flexibility index (Phi) is 6.92. The number of rotatable bonds is 7. The largest absolute Gasteiger partial charge is 0.455 e. The third-order valence-electron chi connectivity index (χ3n) is 6.51. The highest BCUT2D eigenvalue weighted by Gasteiger charge is 2.19. The predicted octanol–water partition coefficient (Wildman–Crippen LogP) is 5.40. The molecule has 0 aliphatic rings. The highest BCUT2D eigenvalue weighted by molar-refractivity contribution is 7.92. The first kappa shape index (κ1) is 27.1. The van der Waals surface area contributed by atoms with Crippen molar-refractivity contribution < 1.29 is 17.5 Å². The Morgan fingerprint density at radius 2 is 1.70 bits per heavy atom. The molecular formula is C29H28FN5O4S. The van der Waals surface area contributed by atoms with Gasteiger partial charge in [0.05, 0.1) is 28.2 Å². The van der Waals surface area contributed by atoms with Gasteiger partial charge in [-0.3, -0.25) is 18.8 Å². The van der Waals surface area contributed by atoms with E-state index in [-0.39, 0.29) is 17.0 Å². The molecule has 3 aromatic heterocycles. The van der Waals surface area contributed by atoms with Crippen LogP contribution in [0.25, 0.3) is 28.1 Å². The second-order valence-corrected chi connectivity index (χ2v) is 11.6. The van der Waals surface area contributed by atoms with E-state index in [1.54, 1.807) is 86.7 Å². The summed E-state index contributed by atoms with van der Waals surface area (Å²) in [4.78, 5) is 17.9. The minimum atomic E-state index is -3.58. The number of nitrogens with zero attached hydrogens (tertiary/aromatic N) is 4. The van der Waals surface area contributed by atoms with E-state index in [0.717, 1.165) is 0 Å². The molecule has 11 heteroatoms. The van der Waals surface area contributed by atoms with Crippen LogP contribution in [0.3, 0.4) is 0 Å². The van der Waals surface area contributed by atoms with Crippen LogP contribution < -0.4 is 14.9 Å². The molecule has 40 heavy (non-hydrogen) atoms. The Balaban J connectivity index is 1.78. The van der Waals surface area contributed by atoms with Gasteiger partial charge in [0.1, 0.15) is 22.9 Å². The Labute approximate surface area is 230 Å². The van der Waals surface area contributed by atoms with Crippen LogP contribution in [-0.2, 0) is 17.1 Å². The topological polar surface area (TPSA) is 108 Å². The van der Waals surface area contributed by atoms with Crippen molar-refractivity contribution in [3.8, 4) is 28.6 Å². The molecule has 3 heterocycles. The van der Waals surface area contributed by atoms with Crippen molar-refractivity contribution in [2.45, 2.75) is 27.7 Å². The van der Waals surface area contributed by atoms with Gasteiger partial charge in [-0.1, -0.05) is 0 Å². The maximum Gasteiger partial charge on any atom is 0.232 e. The SMILES string of the molecule is CCS(=O)(=O)Nc1ccc(Oc2c(C)cc(F)cc2C)c(-n2cc(C)c(=O)c3ccc(-c4ccn(C)n4)nc32)c1. The van der Waals surface area contributed by atoms with Crippen molar-refractivity contribution in [1.29, 1.82) is 0 Å². The van der Waals surface area contributed by atoms with Gasteiger partial charge in [-0.25, -0.2) is 17.8 Å². The molecular weight excluding hydrogens is 533 g/mol. The lowest BCUT2D eigenvalue weighted by atomic mass is 10.1. The summed E-state index contributed by atoms with van der Waals surface area (Å²) in [5.74, 6) is 0.337. The zero-order valence-corrected chi connectivity index (χ0v) is 23.5. The molecule has 5 aromatic rings.